The molecule has 136 valence electrons. The van der Waals surface area contributed by atoms with Crippen LogP contribution >= 0.6 is 0 Å². The quantitative estimate of drug-likeness (QED) is 0.571. The Morgan fingerprint density at radius 1 is 1.22 bits per heavy atom. The van der Waals surface area contributed by atoms with Gasteiger partial charge >= 0.3 is 0 Å². The van der Waals surface area contributed by atoms with Gasteiger partial charge < -0.3 is 15.3 Å². The molecular weight excluding hydrogens is 343 g/mol. The Labute approximate surface area is 155 Å². The fourth-order valence-corrected chi connectivity index (χ4v) is 3.38. The molecule has 2 aromatic heterocycles. The molecule has 0 saturated carbocycles. The molecule has 0 spiro atoms. The first-order valence-corrected chi connectivity index (χ1v) is 8.67. The number of H-pyrrole nitrogens is 1. The number of benzene rings is 2. The molecule has 4 aromatic rings. The van der Waals surface area contributed by atoms with Crippen molar-refractivity contribution in [2.24, 2.45) is 5.73 Å². The summed E-state index contributed by atoms with van der Waals surface area (Å²) in [6.07, 6.45) is 1.62. The van der Waals surface area contributed by atoms with Gasteiger partial charge in [0.2, 0.25) is 5.91 Å². The van der Waals surface area contributed by atoms with Crippen molar-refractivity contribution in [3.63, 3.8) is 0 Å². The van der Waals surface area contributed by atoms with Crippen LogP contribution in [0.4, 0.5) is 4.39 Å². The molecule has 6 heteroatoms. The normalized spacial score (nSPS) is 12.4. The number of amides is 1. The van der Waals surface area contributed by atoms with Crippen molar-refractivity contribution in [2.45, 2.75) is 19.9 Å². The fraction of sp³-hybridized carbons (Fsp3) is 0.143. The van der Waals surface area contributed by atoms with Crippen molar-refractivity contribution in [1.29, 1.82) is 0 Å². The highest BCUT2D eigenvalue weighted by atomic mass is 19.1. The Balaban J connectivity index is 2.02. The van der Waals surface area contributed by atoms with E-state index >= 15 is 0 Å². The maximum absolute atomic E-state index is 13.7. The molecule has 1 amide bonds. The fourth-order valence-electron chi connectivity index (χ4n) is 3.38. The van der Waals surface area contributed by atoms with Crippen LogP contribution in [0.25, 0.3) is 33.5 Å². The predicted molar refractivity (Wildman–Crippen MR) is 104 cm³/mol. The number of aromatic nitrogens is 3. The van der Waals surface area contributed by atoms with Crippen LogP contribution in [0.2, 0.25) is 0 Å². The van der Waals surface area contributed by atoms with Crippen LogP contribution in [0, 0.1) is 12.7 Å². The number of halogens is 1. The number of hydrogen-bond donors (Lipinski definition) is 2. The molecule has 3 N–H and O–H groups in total. The number of imidazole rings is 1. The molecule has 0 unspecified atom stereocenters. The summed E-state index contributed by atoms with van der Waals surface area (Å²) in [4.78, 5) is 19.8. The molecule has 0 fully saturated rings. The number of aryl methyl sites for hydroxylation is 1. The molecule has 0 saturated heterocycles. The van der Waals surface area contributed by atoms with Gasteiger partial charge in [-0.3, -0.25) is 4.79 Å². The Hall–Kier alpha value is -3.41. The minimum Gasteiger partial charge on any atom is -0.368 e. The van der Waals surface area contributed by atoms with E-state index in [0.29, 0.717) is 0 Å². The number of nitrogens with zero attached hydrogens (tertiary/aromatic N) is 2. The number of primary amides is 1. The third-order valence-electron chi connectivity index (χ3n) is 4.93. The maximum Gasteiger partial charge on any atom is 0.240 e. The average molecular weight is 362 g/mol. The summed E-state index contributed by atoms with van der Waals surface area (Å²) in [6.45, 7) is 3.66. The number of fused-ring (bicyclic) bond motifs is 1. The summed E-state index contributed by atoms with van der Waals surface area (Å²) < 4.78 is 15.5. The Morgan fingerprint density at radius 2 is 1.96 bits per heavy atom. The number of aromatic amines is 1. The summed E-state index contributed by atoms with van der Waals surface area (Å²) in [5, 5.41) is 0.795. The number of rotatable bonds is 4. The van der Waals surface area contributed by atoms with E-state index in [2.05, 4.69) is 9.97 Å². The smallest absolute Gasteiger partial charge is 0.240 e. The lowest BCUT2D eigenvalue weighted by atomic mass is 10.0. The predicted octanol–water partition coefficient (Wildman–Crippen LogP) is 4.19. The first-order valence-electron chi connectivity index (χ1n) is 8.67. The van der Waals surface area contributed by atoms with Gasteiger partial charge in [0.25, 0.3) is 0 Å². The van der Waals surface area contributed by atoms with E-state index in [1.165, 1.54) is 12.1 Å². The molecule has 5 nitrogen and oxygen atoms in total. The zero-order valence-corrected chi connectivity index (χ0v) is 15.0. The molecule has 0 aliphatic carbocycles. The minimum absolute atomic E-state index is 0.293. The molecule has 0 bridgehead atoms. The van der Waals surface area contributed by atoms with Crippen LogP contribution in [0.15, 0.2) is 54.9 Å². The summed E-state index contributed by atoms with van der Waals surface area (Å²) in [5.74, 6) is -0.744. The molecule has 2 heterocycles. The van der Waals surface area contributed by atoms with Gasteiger partial charge in [-0.25, -0.2) is 9.37 Å². The Morgan fingerprint density at radius 3 is 2.67 bits per heavy atom. The molecule has 1 atom stereocenters. The lowest BCUT2D eigenvalue weighted by molar-refractivity contribution is -0.120. The zero-order valence-electron chi connectivity index (χ0n) is 15.0. The van der Waals surface area contributed by atoms with Gasteiger partial charge in [-0.1, -0.05) is 30.3 Å². The number of nitrogens with two attached hydrogens (primary N) is 1. The highest BCUT2D eigenvalue weighted by molar-refractivity contribution is 5.93. The van der Waals surface area contributed by atoms with Gasteiger partial charge in [-0.2, -0.15) is 0 Å². The van der Waals surface area contributed by atoms with Crippen molar-refractivity contribution >= 4 is 16.8 Å². The Kier molecular flexibility index (Phi) is 4.03. The second-order valence-electron chi connectivity index (χ2n) is 6.61. The zero-order chi connectivity index (χ0) is 19.1. The highest BCUT2D eigenvalue weighted by Crippen LogP contribution is 2.37. The molecule has 0 aliphatic rings. The number of nitrogens with one attached hydrogen (secondary N) is 1. The number of carbonyl (C=O) groups is 1. The topological polar surface area (TPSA) is 76.7 Å². The van der Waals surface area contributed by atoms with Gasteiger partial charge in [0.15, 0.2) is 0 Å². The van der Waals surface area contributed by atoms with Crippen LogP contribution in [0.3, 0.4) is 0 Å². The second-order valence-corrected chi connectivity index (χ2v) is 6.61. The summed E-state index contributed by atoms with van der Waals surface area (Å²) in [7, 11) is 0. The van der Waals surface area contributed by atoms with Gasteiger partial charge in [-0.05, 0) is 37.6 Å². The lowest BCUT2D eigenvalue weighted by Gasteiger charge is -2.14. The molecular formula is C21H19FN4O. The average Bonchev–Trinajstić information content (AvgIpc) is 3.23. The van der Waals surface area contributed by atoms with Crippen molar-refractivity contribution < 1.29 is 9.18 Å². The van der Waals surface area contributed by atoms with Crippen molar-refractivity contribution in [2.75, 3.05) is 0 Å². The largest absolute Gasteiger partial charge is 0.368 e. The first kappa shape index (κ1) is 17.0. The third-order valence-corrected chi connectivity index (χ3v) is 4.93. The van der Waals surface area contributed by atoms with E-state index in [-0.39, 0.29) is 5.82 Å². The van der Waals surface area contributed by atoms with Gasteiger partial charge in [0.05, 0.1) is 23.4 Å². The van der Waals surface area contributed by atoms with E-state index in [9.17, 15) is 9.18 Å². The van der Waals surface area contributed by atoms with Crippen molar-refractivity contribution in [1.82, 2.24) is 14.5 Å². The monoisotopic (exact) mass is 362 g/mol. The van der Waals surface area contributed by atoms with Crippen LogP contribution in [-0.2, 0) is 4.79 Å². The van der Waals surface area contributed by atoms with Crippen LogP contribution in [-0.4, -0.2) is 20.4 Å². The highest BCUT2D eigenvalue weighted by Gasteiger charge is 2.24. The number of carbonyl (C=O) groups excluding carboxylic acids is 1. The van der Waals surface area contributed by atoms with Crippen molar-refractivity contribution in [3.8, 4) is 22.6 Å². The number of hydrogen-bond acceptors (Lipinski definition) is 2. The standard InChI is InChI=1S/C21H19FN4O/c1-12-16-10-15(22)8-9-17(16)25-18(12)20-19(14-6-4-3-5-7-14)24-11-26(20)13(2)21(23)27/h3-11,13,25H,1-2H3,(H2,23,27)/t13-/m1/s1. The van der Waals surface area contributed by atoms with E-state index in [1.54, 1.807) is 23.9 Å². The van der Waals surface area contributed by atoms with Gasteiger partial charge in [0, 0.05) is 16.5 Å². The summed E-state index contributed by atoms with van der Waals surface area (Å²) in [6, 6.07) is 13.8. The van der Waals surface area contributed by atoms with E-state index in [0.717, 1.165) is 39.1 Å². The van der Waals surface area contributed by atoms with Crippen LogP contribution in [0.5, 0.6) is 0 Å². The lowest BCUT2D eigenvalue weighted by Crippen LogP contribution is -2.24. The minimum atomic E-state index is -0.576. The van der Waals surface area contributed by atoms with Crippen LogP contribution in [0.1, 0.15) is 18.5 Å². The van der Waals surface area contributed by atoms with Gasteiger partial charge in [-0.15, -0.1) is 0 Å². The molecule has 0 aliphatic heterocycles. The van der Waals surface area contributed by atoms with E-state index in [1.807, 2.05) is 37.3 Å². The summed E-state index contributed by atoms with van der Waals surface area (Å²) >= 11 is 0. The third kappa shape index (κ3) is 2.79. The molecule has 0 radical (unpaired) electrons. The SMILES string of the molecule is Cc1c(-c2c(-c3ccccc3)ncn2[C@H](C)C(N)=O)[nH]c2ccc(F)cc12. The molecule has 27 heavy (non-hydrogen) atoms. The molecule has 4 rings (SSSR count). The Bertz CT molecular complexity index is 1140. The first-order chi connectivity index (χ1) is 13.0. The summed E-state index contributed by atoms with van der Waals surface area (Å²) in [5.41, 5.74) is 10.5. The molecule has 2 aromatic carbocycles. The second kappa shape index (κ2) is 6.39. The van der Waals surface area contributed by atoms with E-state index < -0.39 is 11.9 Å². The van der Waals surface area contributed by atoms with Crippen LogP contribution < -0.4 is 5.73 Å². The van der Waals surface area contributed by atoms with E-state index in [4.69, 9.17) is 5.73 Å². The van der Waals surface area contributed by atoms with Gasteiger partial charge in [0.1, 0.15) is 11.9 Å². The maximum atomic E-state index is 13.7. The van der Waals surface area contributed by atoms with Crippen molar-refractivity contribution in [3.05, 3.63) is 66.2 Å².